The molecule has 1 heterocycles. The zero-order valence-corrected chi connectivity index (χ0v) is 20.4. The van der Waals surface area contributed by atoms with E-state index in [0.29, 0.717) is 28.5 Å². The van der Waals surface area contributed by atoms with Crippen LogP contribution in [0.3, 0.4) is 0 Å². The number of aromatic nitrogens is 2. The molecule has 0 radical (unpaired) electrons. The largest absolute Gasteiger partial charge is 0.493 e. The van der Waals surface area contributed by atoms with Gasteiger partial charge in [0.2, 0.25) is 11.6 Å². The predicted molar refractivity (Wildman–Crippen MR) is 135 cm³/mol. The topological polar surface area (TPSA) is 168 Å². The number of nitro benzene ring substituents is 1. The molecule has 4 aromatic rings. The maximum Gasteiger partial charge on any atom is 0.322 e. The number of hydrogen-bond acceptors (Lipinski definition) is 10. The van der Waals surface area contributed by atoms with Crippen LogP contribution in [0.25, 0.3) is 11.5 Å². The number of rotatable bonds is 9. The lowest BCUT2D eigenvalue weighted by Gasteiger charge is -2.14. The molecule has 0 atom stereocenters. The number of carbonyl (C=O) groups excluding carboxylic acids is 2. The monoisotopic (exact) mass is 519 g/mol. The highest BCUT2D eigenvalue weighted by Gasteiger charge is 2.18. The van der Waals surface area contributed by atoms with Gasteiger partial charge in [0, 0.05) is 34.5 Å². The first-order valence-corrected chi connectivity index (χ1v) is 10.9. The fourth-order valence-electron chi connectivity index (χ4n) is 3.44. The molecule has 0 spiro atoms. The zero-order valence-electron chi connectivity index (χ0n) is 20.4. The molecule has 0 unspecified atom stereocenters. The van der Waals surface area contributed by atoms with Crippen LogP contribution in [0, 0.1) is 10.1 Å². The highest BCUT2D eigenvalue weighted by atomic mass is 16.6. The zero-order chi connectivity index (χ0) is 27.2. The van der Waals surface area contributed by atoms with Crippen LogP contribution in [0.1, 0.15) is 20.7 Å². The second kappa shape index (κ2) is 11.1. The van der Waals surface area contributed by atoms with Gasteiger partial charge in [0.15, 0.2) is 11.5 Å². The minimum Gasteiger partial charge on any atom is -0.493 e. The number of nitrogens with one attached hydrogen (secondary N) is 2. The summed E-state index contributed by atoms with van der Waals surface area (Å²) >= 11 is 0. The summed E-state index contributed by atoms with van der Waals surface area (Å²) in [6.07, 6.45) is 0. The molecule has 3 aromatic carbocycles. The lowest BCUT2D eigenvalue weighted by molar-refractivity contribution is -0.384. The van der Waals surface area contributed by atoms with E-state index in [9.17, 15) is 19.7 Å². The van der Waals surface area contributed by atoms with Gasteiger partial charge in [0.1, 0.15) is 0 Å². The fraction of sp³-hybridized carbons (Fsp3) is 0.120. The molecule has 2 amide bonds. The van der Waals surface area contributed by atoms with Crippen LogP contribution in [0.15, 0.2) is 65.1 Å². The maximum absolute atomic E-state index is 12.9. The average Bonchev–Trinajstić information content (AvgIpc) is 3.40. The lowest BCUT2D eigenvalue weighted by Crippen LogP contribution is -2.15. The van der Waals surface area contributed by atoms with Crippen LogP contribution in [-0.4, -0.2) is 48.3 Å². The number of amides is 2. The number of nitrogens with zero attached hydrogens (tertiary/aromatic N) is 3. The van der Waals surface area contributed by atoms with Crippen molar-refractivity contribution in [3.8, 4) is 28.7 Å². The molecule has 38 heavy (non-hydrogen) atoms. The first-order chi connectivity index (χ1) is 18.3. The normalized spacial score (nSPS) is 10.4. The van der Waals surface area contributed by atoms with E-state index in [0.717, 1.165) is 0 Å². The number of anilines is 2. The van der Waals surface area contributed by atoms with Gasteiger partial charge in [0.05, 0.1) is 26.3 Å². The molecule has 0 bridgehead atoms. The smallest absolute Gasteiger partial charge is 0.322 e. The van der Waals surface area contributed by atoms with Crippen molar-refractivity contribution in [2.24, 2.45) is 0 Å². The van der Waals surface area contributed by atoms with Crippen molar-refractivity contribution in [1.82, 2.24) is 10.2 Å². The summed E-state index contributed by atoms with van der Waals surface area (Å²) in [4.78, 5) is 35.9. The van der Waals surface area contributed by atoms with Crippen LogP contribution in [0.2, 0.25) is 0 Å². The first-order valence-electron chi connectivity index (χ1n) is 10.9. The van der Waals surface area contributed by atoms with Crippen LogP contribution in [-0.2, 0) is 0 Å². The Hall–Kier alpha value is -5.46. The van der Waals surface area contributed by atoms with Crippen molar-refractivity contribution < 1.29 is 33.1 Å². The molecular weight excluding hydrogens is 498 g/mol. The third kappa shape index (κ3) is 5.51. The fourth-order valence-corrected chi connectivity index (χ4v) is 3.44. The van der Waals surface area contributed by atoms with Crippen molar-refractivity contribution in [3.63, 3.8) is 0 Å². The van der Waals surface area contributed by atoms with E-state index < -0.39 is 16.7 Å². The van der Waals surface area contributed by atoms with E-state index >= 15 is 0 Å². The Labute approximate surface area is 215 Å². The summed E-state index contributed by atoms with van der Waals surface area (Å²) in [5, 5.41) is 23.7. The number of non-ortho nitro benzene ring substituents is 1. The summed E-state index contributed by atoms with van der Waals surface area (Å²) in [7, 11) is 4.35. The summed E-state index contributed by atoms with van der Waals surface area (Å²) in [6, 6.07) is 14.6. The van der Waals surface area contributed by atoms with Gasteiger partial charge >= 0.3 is 6.01 Å². The number of nitro groups is 1. The molecule has 2 N–H and O–H groups in total. The third-order valence-corrected chi connectivity index (χ3v) is 5.28. The van der Waals surface area contributed by atoms with E-state index in [4.69, 9.17) is 18.6 Å². The molecule has 0 aliphatic rings. The maximum atomic E-state index is 12.9. The van der Waals surface area contributed by atoms with E-state index in [-0.39, 0.29) is 28.7 Å². The van der Waals surface area contributed by atoms with E-state index in [1.165, 1.54) is 69.9 Å². The molecule has 194 valence electrons. The van der Waals surface area contributed by atoms with E-state index in [1.807, 2.05) is 0 Å². The van der Waals surface area contributed by atoms with E-state index in [2.05, 4.69) is 20.8 Å². The van der Waals surface area contributed by atoms with Gasteiger partial charge in [-0.2, -0.15) is 0 Å². The van der Waals surface area contributed by atoms with Crippen molar-refractivity contribution in [1.29, 1.82) is 0 Å². The van der Waals surface area contributed by atoms with Gasteiger partial charge < -0.3 is 23.9 Å². The summed E-state index contributed by atoms with van der Waals surface area (Å²) in [5.74, 6) is 0.0272. The van der Waals surface area contributed by atoms with Gasteiger partial charge in [-0.15, -0.1) is 5.10 Å². The standard InChI is InChI=1S/C25H21N5O8/c1-35-19-12-16(13-20(36-2)21(19)37-3)23(32)26-17-6-4-5-15(11-17)22(31)27-25-29-28-24(38-25)14-7-9-18(10-8-14)30(33)34/h4-13H,1-3H3,(H,26,32)(H,27,29,31). The molecule has 0 aliphatic carbocycles. The van der Waals surface area contributed by atoms with Crippen molar-refractivity contribution >= 4 is 29.2 Å². The minimum atomic E-state index is -0.562. The van der Waals surface area contributed by atoms with Crippen molar-refractivity contribution in [3.05, 3.63) is 81.9 Å². The average molecular weight is 519 g/mol. The Kier molecular flexibility index (Phi) is 7.47. The molecule has 0 saturated carbocycles. The van der Waals surface area contributed by atoms with Gasteiger partial charge in [0.25, 0.3) is 17.5 Å². The van der Waals surface area contributed by atoms with E-state index in [1.54, 1.807) is 12.1 Å². The van der Waals surface area contributed by atoms with Gasteiger partial charge in [-0.05, 0) is 42.5 Å². The molecular formula is C25H21N5O8. The molecule has 13 heteroatoms. The summed E-state index contributed by atoms with van der Waals surface area (Å²) < 4.78 is 21.3. The molecule has 4 rings (SSSR count). The summed E-state index contributed by atoms with van der Waals surface area (Å²) in [6.45, 7) is 0. The molecule has 13 nitrogen and oxygen atoms in total. The second-order valence-electron chi connectivity index (χ2n) is 7.62. The number of ether oxygens (including phenoxy) is 3. The van der Waals surface area contributed by atoms with Gasteiger partial charge in [-0.1, -0.05) is 11.2 Å². The number of carbonyl (C=O) groups is 2. The number of methoxy groups -OCH3 is 3. The van der Waals surface area contributed by atoms with Gasteiger partial charge in [-0.3, -0.25) is 25.0 Å². The Morgan fingerprint density at radius 1 is 0.842 bits per heavy atom. The first kappa shape index (κ1) is 25.6. The molecule has 1 aromatic heterocycles. The highest BCUT2D eigenvalue weighted by Crippen LogP contribution is 2.38. The molecule has 0 aliphatic heterocycles. The van der Waals surface area contributed by atoms with Crippen LogP contribution < -0.4 is 24.8 Å². The van der Waals surface area contributed by atoms with Crippen molar-refractivity contribution in [2.45, 2.75) is 0 Å². The third-order valence-electron chi connectivity index (χ3n) is 5.28. The minimum absolute atomic E-state index is 0.0709. The predicted octanol–water partition coefficient (Wildman–Crippen LogP) is 4.18. The van der Waals surface area contributed by atoms with Crippen molar-refractivity contribution in [2.75, 3.05) is 32.0 Å². The Bertz CT molecular complexity index is 1470. The Balaban J connectivity index is 1.46. The Morgan fingerprint density at radius 2 is 1.50 bits per heavy atom. The highest BCUT2D eigenvalue weighted by molar-refractivity contribution is 6.07. The van der Waals surface area contributed by atoms with Gasteiger partial charge in [-0.25, -0.2) is 0 Å². The Morgan fingerprint density at radius 3 is 2.11 bits per heavy atom. The molecule has 0 fully saturated rings. The SMILES string of the molecule is COc1cc(C(=O)Nc2cccc(C(=O)Nc3nnc(-c4ccc([N+](=O)[O-])cc4)o3)c2)cc(OC)c1OC. The lowest BCUT2D eigenvalue weighted by atomic mass is 10.1. The summed E-state index contributed by atoms with van der Waals surface area (Å²) in [5.41, 5.74) is 1.18. The van der Waals surface area contributed by atoms with Crippen LogP contribution >= 0.6 is 0 Å². The van der Waals surface area contributed by atoms with Crippen LogP contribution in [0.4, 0.5) is 17.4 Å². The second-order valence-corrected chi connectivity index (χ2v) is 7.62. The number of benzene rings is 3. The molecule has 0 saturated heterocycles. The quantitative estimate of drug-likeness (QED) is 0.242. The number of hydrogen-bond donors (Lipinski definition) is 2. The van der Waals surface area contributed by atoms with Crippen LogP contribution in [0.5, 0.6) is 17.2 Å².